The third-order valence-electron chi connectivity index (χ3n) is 4.13. The topological polar surface area (TPSA) is 87.0 Å². The number of nitrogens with one attached hydrogen (secondary N) is 1. The molecular weight excluding hydrogens is 318 g/mol. The highest BCUT2D eigenvalue weighted by Gasteiger charge is 2.22. The number of aromatic amines is 1. The van der Waals surface area contributed by atoms with Crippen LogP contribution in [0.4, 0.5) is 5.69 Å². The number of aromatic nitrogens is 1. The Bertz CT molecular complexity index is 785. The molecule has 0 atom stereocenters. The lowest BCUT2D eigenvalue weighted by Gasteiger charge is -2.10. The zero-order chi connectivity index (χ0) is 18.6. The molecule has 1 aromatic heterocycles. The number of amides is 1. The SMILES string of the molecule is CCCCCc1c(OC)ccc2c(N=NC(=O)C(C)(C)C)c(O)[nH]c12. The third-order valence-corrected chi connectivity index (χ3v) is 4.13. The largest absolute Gasteiger partial charge is 0.496 e. The highest BCUT2D eigenvalue weighted by molar-refractivity contribution is 5.97. The molecule has 0 fully saturated rings. The van der Waals surface area contributed by atoms with Crippen molar-refractivity contribution in [1.29, 1.82) is 0 Å². The van der Waals surface area contributed by atoms with Crippen molar-refractivity contribution < 1.29 is 14.6 Å². The summed E-state index contributed by atoms with van der Waals surface area (Å²) >= 11 is 0. The van der Waals surface area contributed by atoms with Gasteiger partial charge in [0.1, 0.15) is 5.75 Å². The number of carbonyl (C=O) groups excluding carboxylic acids is 1. The van der Waals surface area contributed by atoms with E-state index >= 15 is 0 Å². The number of azo groups is 1. The molecular formula is C19H27N3O3. The van der Waals surface area contributed by atoms with Crippen molar-refractivity contribution in [1.82, 2.24) is 4.98 Å². The van der Waals surface area contributed by atoms with Crippen molar-refractivity contribution in [2.45, 2.75) is 53.4 Å². The molecule has 0 aliphatic rings. The zero-order valence-corrected chi connectivity index (χ0v) is 15.6. The Morgan fingerprint density at radius 1 is 1.28 bits per heavy atom. The summed E-state index contributed by atoms with van der Waals surface area (Å²) in [6.45, 7) is 7.49. The normalized spacial score (nSPS) is 12.2. The van der Waals surface area contributed by atoms with Crippen LogP contribution in [0, 0.1) is 5.41 Å². The number of H-pyrrole nitrogens is 1. The summed E-state index contributed by atoms with van der Waals surface area (Å²) in [6.07, 6.45) is 4.12. The van der Waals surface area contributed by atoms with E-state index in [1.54, 1.807) is 27.9 Å². The van der Waals surface area contributed by atoms with Crippen LogP contribution in [0.15, 0.2) is 22.4 Å². The second-order valence-electron chi connectivity index (χ2n) is 7.20. The number of hydrogen-bond donors (Lipinski definition) is 2. The molecule has 136 valence electrons. The lowest BCUT2D eigenvalue weighted by Crippen LogP contribution is -2.16. The first kappa shape index (κ1) is 19.0. The molecule has 1 heterocycles. The summed E-state index contributed by atoms with van der Waals surface area (Å²) in [5.74, 6) is 0.350. The minimum atomic E-state index is -0.611. The highest BCUT2D eigenvalue weighted by Crippen LogP contribution is 2.40. The lowest BCUT2D eigenvalue weighted by molar-refractivity contribution is -0.125. The van der Waals surface area contributed by atoms with Crippen LogP contribution < -0.4 is 4.74 Å². The Labute approximate surface area is 148 Å². The van der Waals surface area contributed by atoms with Gasteiger partial charge in [0, 0.05) is 16.4 Å². The van der Waals surface area contributed by atoms with E-state index < -0.39 is 5.41 Å². The monoisotopic (exact) mass is 345 g/mol. The van der Waals surface area contributed by atoms with Crippen molar-refractivity contribution >= 4 is 22.5 Å². The predicted octanol–water partition coefficient (Wildman–Crippen LogP) is 5.27. The number of carbonyl (C=O) groups is 1. The molecule has 0 aliphatic heterocycles. The van der Waals surface area contributed by atoms with E-state index in [0.717, 1.165) is 47.9 Å². The summed E-state index contributed by atoms with van der Waals surface area (Å²) in [4.78, 5) is 14.9. The number of aryl methyl sites for hydroxylation is 1. The van der Waals surface area contributed by atoms with E-state index in [9.17, 15) is 9.90 Å². The van der Waals surface area contributed by atoms with Gasteiger partial charge in [-0.25, -0.2) is 0 Å². The predicted molar refractivity (Wildman–Crippen MR) is 98.7 cm³/mol. The number of rotatable bonds is 6. The number of hydrogen-bond acceptors (Lipinski definition) is 4. The molecule has 0 spiro atoms. The van der Waals surface area contributed by atoms with Crippen molar-refractivity contribution in [3.05, 3.63) is 17.7 Å². The van der Waals surface area contributed by atoms with Gasteiger partial charge in [-0.1, -0.05) is 40.5 Å². The summed E-state index contributed by atoms with van der Waals surface area (Å²) in [5, 5.41) is 18.8. The van der Waals surface area contributed by atoms with Crippen LogP contribution in [0.2, 0.25) is 0 Å². The van der Waals surface area contributed by atoms with Gasteiger partial charge in [0.2, 0.25) is 5.88 Å². The fraction of sp³-hybridized carbons (Fsp3) is 0.526. The van der Waals surface area contributed by atoms with Crippen LogP contribution >= 0.6 is 0 Å². The van der Waals surface area contributed by atoms with Crippen molar-refractivity contribution in [3.63, 3.8) is 0 Å². The molecule has 6 nitrogen and oxygen atoms in total. The van der Waals surface area contributed by atoms with Gasteiger partial charge < -0.3 is 14.8 Å². The number of unbranched alkanes of at least 4 members (excludes halogenated alkanes) is 2. The Kier molecular flexibility index (Phi) is 5.82. The maximum atomic E-state index is 12.0. The van der Waals surface area contributed by atoms with Crippen LogP contribution in [0.3, 0.4) is 0 Å². The van der Waals surface area contributed by atoms with Crippen LogP contribution in [0.25, 0.3) is 10.9 Å². The molecule has 0 bridgehead atoms. The molecule has 0 saturated heterocycles. The first-order chi connectivity index (χ1) is 11.8. The van der Waals surface area contributed by atoms with Crippen molar-refractivity contribution in [3.8, 4) is 11.6 Å². The molecule has 25 heavy (non-hydrogen) atoms. The van der Waals surface area contributed by atoms with Gasteiger partial charge in [-0.05, 0) is 25.0 Å². The molecule has 0 aliphatic carbocycles. The third kappa shape index (κ3) is 4.18. The van der Waals surface area contributed by atoms with Crippen LogP contribution in [-0.4, -0.2) is 23.1 Å². The van der Waals surface area contributed by atoms with Gasteiger partial charge in [0.05, 0.1) is 12.6 Å². The van der Waals surface area contributed by atoms with E-state index in [1.807, 2.05) is 12.1 Å². The maximum absolute atomic E-state index is 12.0. The lowest BCUT2D eigenvalue weighted by atomic mass is 9.96. The van der Waals surface area contributed by atoms with Gasteiger partial charge >= 0.3 is 0 Å². The fourth-order valence-electron chi connectivity index (χ4n) is 2.61. The van der Waals surface area contributed by atoms with Crippen LogP contribution in [0.5, 0.6) is 11.6 Å². The van der Waals surface area contributed by atoms with E-state index in [0.29, 0.717) is 0 Å². The Hall–Kier alpha value is -2.37. The molecule has 0 radical (unpaired) electrons. The average Bonchev–Trinajstić information content (AvgIpc) is 2.87. The van der Waals surface area contributed by atoms with Gasteiger partial charge in [-0.15, -0.1) is 10.2 Å². The molecule has 2 rings (SSSR count). The van der Waals surface area contributed by atoms with Crippen molar-refractivity contribution in [2.24, 2.45) is 15.6 Å². The van der Waals surface area contributed by atoms with Crippen LogP contribution in [0.1, 0.15) is 52.5 Å². The maximum Gasteiger partial charge on any atom is 0.270 e. The highest BCUT2D eigenvalue weighted by atomic mass is 16.5. The first-order valence-corrected chi connectivity index (χ1v) is 8.66. The van der Waals surface area contributed by atoms with Gasteiger partial charge in [0.25, 0.3) is 5.91 Å². The molecule has 0 saturated carbocycles. The summed E-state index contributed by atoms with van der Waals surface area (Å²) in [5.41, 5.74) is 1.46. The minimum Gasteiger partial charge on any atom is -0.496 e. The fourth-order valence-corrected chi connectivity index (χ4v) is 2.61. The number of methoxy groups -OCH3 is 1. The Balaban J connectivity index is 2.47. The van der Waals surface area contributed by atoms with Gasteiger partial charge in [-0.3, -0.25) is 4.79 Å². The Morgan fingerprint density at radius 3 is 2.60 bits per heavy atom. The molecule has 0 unspecified atom stereocenters. The number of fused-ring (bicyclic) bond motifs is 1. The van der Waals surface area contributed by atoms with E-state index in [-0.39, 0.29) is 17.5 Å². The number of ether oxygens (including phenoxy) is 1. The number of nitrogens with zero attached hydrogens (tertiary/aromatic N) is 2. The van der Waals surface area contributed by atoms with Gasteiger partial charge in [0.15, 0.2) is 5.69 Å². The summed E-state index contributed by atoms with van der Waals surface area (Å²) in [7, 11) is 1.63. The minimum absolute atomic E-state index is 0.0922. The molecule has 2 N–H and O–H groups in total. The second kappa shape index (κ2) is 7.68. The zero-order valence-electron chi connectivity index (χ0n) is 15.6. The van der Waals surface area contributed by atoms with E-state index in [4.69, 9.17) is 4.74 Å². The van der Waals surface area contributed by atoms with E-state index in [2.05, 4.69) is 22.1 Å². The summed E-state index contributed by atoms with van der Waals surface area (Å²) in [6, 6.07) is 3.69. The molecule has 1 aromatic carbocycles. The standard InChI is InChI=1S/C19H27N3O3/c1-6-7-8-9-12-14(25-5)11-10-13-15(12)20-17(23)16(13)21-22-18(24)19(2,3)4/h10-11,20,23H,6-9H2,1-5H3. The first-order valence-electron chi connectivity index (χ1n) is 8.66. The van der Waals surface area contributed by atoms with Gasteiger partial charge in [-0.2, -0.15) is 0 Å². The quantitative estimate of drug-likeness (QED) is 0.552. The van der Waals surface area contributed by atoms with E-state index in [1.165, 1.54) is 0 Å². The van der Waals surface area contributed by atoms with Crippen LogP contribution in [-0.2, 0) is 11.2 Å². The average molecular weight is 345 g/mol. The Morgan fingerprint density at radius 2 is 2.00 bits per heavy atom. The number of benzene rings is 1. The molecule has 2 aromatic rings. The second-order valence-corrected chi connectivity index (χ2v) is 7.20. The molecule has 1 amide bonds. The summed E-state index contributed by atoms with van der Waals surface area (Å²) < 4.78 is 5.47. The number of aromatic hydroxyl groups is 1. The van der Waals surface area contributed by atoms with Crippen molar-refractivity contribution in [2.75, 3.05) is 7.11 Å². The molecule has 6 heteroatoms. The smallest absolute Gasteiger partial charge is 0.270 e.